The van der Waals surface area contributed by atoms with Crippen LogP contribution in [0.3, 0.4) is 0 Å². The molecule has 0 aliphatic rings. The molecule has 106 valence electrons. The van der Waals surface area contributed by atoms with Gasteiger partial charge in [0.05, 0.1) is 5.56 Å². The van der Waals surface area contributed by atoms with Crippen LogP contribution in [0, 0.1) is 0 Å². The molecule has 19 heavy (non-hydrogen) atoms. The van der Waals surface area contributed by atoms with Crippen molar-refractivity contribution in [1.82, 2.24) is 5.32 Å². The van der Waals surface area contributed by atoms with Gasteiger partial charge in [0, 0.05) is 23.3 Å². The van der Waals surface area contributed by atoms with E-state index in [4.69, 9.17) is 11.6 Å². The van der Waals surface area contributed by atoms with Crippen molar-refractivity contribution in [3.63, 3.8) is 0 Å². The maximum Gasteiger partial charge on any atom is 0.253 e. The zero-order valence-electron chi connectivity index (χ0n) is 11.9. The highest BCUT2D eigenvalue weighted by Crippen LogP contribution is 2.21. The van der Waals surface area contributed by atoms with Crippen molar-refractivity contribution in [1.29, 1.82) is 0 Å². The number of carbonyl (C=O) groups is 1. The number of anilines is 1. The summed E-state index contributed by atoms with van der Waals surface area (Å²) in [6, 6.07) is 5.59. The molecule has 0 bridgehead atoms. The van der Waals surface area contributed by atoms with E-state index in [1.165, 1.54) is 0 Å². The standard InChI is InChI=1S/C15H23ClN2O/c1-4-9-17-14-8-7-11(16)10-13(14)15(19)18-12(5-2)6-3/h7-8,10,12,17H,4-6,9H2,1-3H3,(H,18,19). The first-order chi connectivity index (χ1) is 9.12. The largest absolute Gasteiger partial charge is 0.384 e. The van der Waals surface area contributed by atoms with Gasteiger partial charge < -0.3 is 10.6 Å². The molecule has 0 unspecified atom stereocenters. The van der Waals surface area contributed by atoms with Crippen LogP contribution in [0.25, 0.3) is 0 Å². The Balaban J connectivity index is 2.89. The minimum atomic E-state index is -0.0604. The predicted molar refractivity (Wildman–Crippen MR) is 82.1 cm³/mol. The normalized spacial score (nSPS) is 10.6. The summed E-state index contributed by atoms with van der Waals surface area (Å²) >= 11 is 5.99. The fourth-order valence-electron chi connectivity index (χ4n) is 1.87. The van der Waals surface area contributed by atoms with E-state index in [2.05, 4.69) is 31.4 Å². The SMILES string of the molecule is CCCNc1ccc(Cl)cc1C(=O)NC(CC)CC. The second-order valence-corrected chi connectivity index (χ2v) is 5.04. The summed E-state index contributed by atoms with van der Waals surface area (Å²) in [6.45, 7) is 7.07. The Morgan fingerprint density at radius 2 is 1.95 bits per heavy atom. The Labute approximate surface area is 120 Å². The molecule has 0 aliphatic carbocycles. The third-order valence-electron chi connectivity index (χ3n) is 3.11. The van der Waals surface area contributed by atoms with Gasteiger partial charge in [0.25, 0.3) is 5.91 Å². The summed E-state index contributed by atoms with van der Waals surface area (Å²) < 4.78 is 0. The van der Waals surface area contributed by atoms with Crippen LogP contribution in [0.5, 0.6) is 0 Å². The number of hydrogen-bond donors (Lipinski definition) is 2. The monoisotopic (exact) mass is 282 g/mol. The lowest BCUT2D eigenvalue weighted by Gasteiger charge is -2.17. The quantitative estimate of drug-likeness (QED) is 0.791. The van der Waals surface area contributed by atoms with Gasteiger partial charge in [-0.15, -0.1) is 0 Å². The van der Waals surface area contributed by atoms with Crippen molar-refractivity contribution in [2.24, 2.45) is 0 Å². The van der Waals surface area contributed by atoms with E-state index < -0.39 is 0 Å². The lowest BCUT2D eigenvalue weighted by atomic mass is 10.1. The van der Waals surface area contributed by atoms with E-state index in [9.17, 15) is 4.79 Å². The van der Waals surface area contributed by atoms with Gasteiger partial charge in [-0.2, -0.15) is 0 Å². The highest BCUT2D eigenvalue weighted by Gasteiger charge is 2.14. The molecule has 0 aliphatic heterocycles. The number of rotatable bonds is 7. The van der Waals surface area contributed by atoms with E-state index in [1.54, 1.807) is 12.1 Å². The van der Waals surface area contributed by atoms with Crippen LogP contribution in [0.1, 0.15) is 50.4 Å². The fraction of sp³-hybridized carbons (Fsp3) is 0.533. The first kappa shape index (κ1) is 15.8. The van der Waals surface area contributed by atoms with Crippen molar-refractivity contribution in [3.05, 3.63) is 28.8 Å². The predicted octanol–water partition coefficient (Wildman–Crippen LogP) is 4.08. The molecule has 1 aromatic rings. The van der Waals surface area contributed by atoms with Gasteiger partial charge in [-0.05, 0) is 37.5 Å². The number of halogens is 1. The van der Waals surface area contributed by atoms with Crippen molar-refractivity contribution < 1.29 is 4.79 Å². The Kier molecular flexibility index (Phi) is 6.71. The van der Waals surface area contributed by atoms with Gasteiger partial charge >= 0.3 is 0 Å². The zero-order chi connectivity index (χ0) is 14.3. The average Bonchev–Trinajstić information content (AvgIpc) is 2.43. The fourth-order valence-corrected chi connectivity index (χ4v) is 2.05. The number of carbonyl (C=O) groups excluding carboxylic acids is 1. The summed E-state index contributed by atoms with van der Waals surface area (Å²) in [4.78, 5) is 12.3. The smallest absolute Gasteiger partial charge is 0.253 e. The highest BCUT2D eigenvalue weighted by atomic mass is 35.5. The Bertz CT molecular complexity index is 417. The second-order valence-electron chi connectivity index (χ2n) is 4.60. The van der Waals surface area contributed by atoms with Gasteiger partial charge in [-0.1, -0.05) is 32.4 Å². The lowest BCUT2D eigenvalue weighted by molar-refractivity contribution is 0.0935. The minimum Gasteiger partial charge on any atom is -0.384 e. The third kappa shape index (κ3) is 4.75. The number of nitrogens with one attached hydrogen (secondary N) is 2. The average molecular weight is 283 g/mol. The van der Waals surface area contributed by atoms with E-state index in [-0.39, 0.29) is 11.9 Å². The van der Waals surface area contributed by atoms with E-state index in [0.717, 1.165) is 31.5 Å². The van der Waals surface area contributed by atoms with Gasteiger partial charge in [-0.25, -0.2) is 0 Å². The Morgan fingerprint density at radius 1 is 1.26 bits per heavy atom. The summed E-state index contributed by atoms with van der Waals surface area (Å²) in [7, 11) is 0. The van der Waals surface area contributed by atoms with Crippen LogP contribution in [-0.2, 0) is 0 Å². The molecule has 0 radical (unpaired) electrons. The molecule has 0 saturated carbocycles. The molecule has 4 heteroatoms. The summed E-state index contributed by atoms with van der Waals surface area (Å²) in [5.74, 6) is -0.0604. The van der Waals surface area contributed by atoms with E-state index >= 15 is 0 Å². The van der Waals surface area contributed by atoms with Crippen LogP contribution in [0.15, 0.2) is 18.2 Å². The first-order valence-electron chi connectivity index (χ1n) is 6.96. The molecule has 1 rings (SSSR count). The second kappa shape index (κ2) is 8.05. The van der Waals surface area contributed by atoms with Crippen LogP contribution < -0.4 is 10.6 Å². The minimum absolute atomic E-state index is 0.0604. The zero-order valence-corrected chi connectivity index (χ0v) is 12.7. The maximum atomic E-state index is 12.3. The summed E-state index contributed by atoms with van der Waals surface area (Å²) in [6.07, 6.45) is 2.87. The number of benzene rings is 1. The van der Waals surface area contributed by atoms with Gasteiger partial charge in [0.15, 0.2) is 0 Å². The molecule has 0 aromatic heterocycles. The molecule has 3 nitrogen and oxygen atoms in total. The molecule has 1 amide bonds. The third-order valence-corrected chi connectivity index (χ3v) is 3.35. The maximum absolute atomic E-state index is 12.3. The van der Waals surface area contributed by atoms with Gasteiger partial charge in [0.2, 0.25) is 0 Å². The topological polar surface area (TPSA) is 41.1 Å². The van der Waals surface area contributed by atoms with Crippen LogP contribution >= 0.6 is 11.6 Å². The lowest BCUT2D eigenvalue weighted by Crippen LogP contribution is -2.34. The van der Waals surface area contributed by atoms with Crippen molar-refractivity contribution in [2.45, 2.75) is 46.1 Å². The molecule has 1 aromatic carbocycles. The summed E-state index contributed by atoms with van der Waals surface area (Å²) in [5.41, 5.74) is 1.46. The van der Waals surface area contributed by atoms with Gasteiger partial charge in [0.1, 0.15) is 0 Å². The van der Waals surface area contributed by atoms with Crippen molar-refractivity contribution in [2.75, 3.05) is 11.9 Å². The molecule has 0 heterocycles. The molecule has 0 atom stereocenters. The van der Waals surface area contributed by atoms with Crippen LogP contribution in [0.2, 0.25) is 5.02 Å². The van der Waals surface area contributed by atoms with Crippen molar-refractivity contribution >= 4 is 23.2 Å². The molecule has 0 spiro atoms. The molecule has 2 N–H and O–H groups in total. The van der Waals surface area contributed by atoms with Crippen LogP contribution in [0.4, 0.5) is 5.69 Å². The number of hydrogen-bond acceptors (Lipinski definition) is 2. The summed E-state index contributed by atoms with van der Waals surface area (Å²) in [5, 5.41) is 6.88. The van der Waals surface area contributed by atoms with Crippen molar-refractivity contribution in [3.8, 4) is 0 Å². The van der Waals surface area contributed by atoms with Crippen LogP contribution in [-0.4, -0.2) is 18.5 Å². The van der Waals surface area contributed by atoms with Gasteiger partial charge in [-0.3, -0.25) is 4.79 Å². The highest BCUT2D eigenvalue weighted by molar-refractivity contribution is 6.31. The number of amides is 1. The molecule has 0 fully saturated rings. The first-order valence-corrected chi connectivity index (χ1v) is 7.34. The Hall–Kier alpha value is -1.22. The molecular formula is C15H23ClN2O. The van der Waals surface area contributed by atoms with E-state index in [0.29, 0.717) is 10.6 Å². The van der Waals surface area contributed by atoms with E-state index in [1.807, 2.05) is 6.07 Å². The Morgan fingerprint density at radius 3 is 2.53 bits per heavy atom. The molecule has 0 saturated heterocycles. The molecular weight excluding hydrogens is 260 g/mol.